The third-order valence-corrected chi connectivity index (χ3v) is 2.19. The highest BCUT2D eigenvalue weighted by atomic mass is 79.9. The Kier molecular flexibility index (Phi) is 4.35. The van der Waals surface area contributed by atoms with Crippen molar-refractivity contribution >= 4 is 15.9 Å². The van der Waals surface area contributed by atoms with Crippen molar-refractivity contribution in [2.24, 2.45) is 5.73 Å². The summed E-state index contributed by atoms with van der Waals surface area (Å²) < 4.78 is 0.881. The highest BCUT2D eigenvalue weighted by molar-refractivity contribution is 9.10. The van der Waals surface area contributed by atoms with Gasteiger partial charge in [-0.05, 0) is 40.7 Å². The average molecular weight is 244 g/mol. The minimum absolute atomic E-state index is 0.697. The summed E-state index contributed by atoms with van der Waals surface area (Å²) in [6.07, 6.45) is 1.80. The molecule has 0 aliphatic heterocycles. The highest BCUT2D eigenvalue weighted by Gasteiger charge is 1.99. The van der Waals surface area contributed by atoms with Crippen molar-refractivity contribution in [2.45, 2.75) is 6.54 Å². The molecule has 0 atom stereocenters. The van der Waals surface area contributed by atoms with Crippen LogP contribution in [-0.4, -0.2) is 30.0 Å². The molecule has 3 nitrogen and oxygen atoms in total. The summed E-state index contributed by atoms with van der Waals surface area (Å²) in [6.45, 7) is 2.53. The van der Waals surface area contributed by atoms with Crippen LogP contribution in [0.4, 0.5) is 0 Å². The van der Waals surface area contributed by atoms with Crippen molar-refractivity contribution in [3.63, 3.8) is 0 Å². The summed E-state index contributed by atoms with van der Waals surface area (Å²) in [5.41, 5.74) is 6.70. The first kappa shape index (κ1) is 10.6. The predicted octanol–water partition coefficient (Wildman–Crippen LogP) is 1.23. The van der Waals surface area contributed by atoms with Crippen LogP contribution >= 0.6 is 15.9 Å². The number of aromatic nitrogens is 1. The molecule has 0 fully saturated rings. The number of halogens is 1. The zero-order valence-electron chi connectivity index (χ0n) is 7.70. The van der Waals surface area contributed by atoms with Crippen molar-refractivity contribution in [2.75, 3.05) is 20.1 Å². The van der Waals surface area contributed by atoms with Crippen LogP contribution in [0.3, 0.4) is 0 Å². The molecule has 0 aliphatic rings. The van der Waals surface area contributed by atoms with Crippen molar-refractivity contribution < 1.29 is 0 Å². The lowest BCUT2D eigenvalue weighted by Gasteiger charge is -2.14. The molecule has 1 aromatic heterocycles. The van der Waals surface area contributed by atoms with Gasteiger partial charge in [0.2, 0.25) is 0 Å². The first-order chi connectivity index (χ1) is 6.22. The fourth-order valence-corrected chi connectivity index (χ4v) is 1.56. The maximum Gasteiger partial charge on any atom is 0.106 e. The van der Waals surface area contributed by atoms with Crippen LogP contribution in [-0.2, 0) is 6.54 Å². The van der Waals surface area contributed by atoms with Crippen LogP contribution in [0.2, 0.25) is 0 Å². The summed E-state index contributed by atoms with van der Waals surface area (Å²) in [7, 11) is 2.06. The van der Waals surface area contributed by atoms with E-state index in [0.717, 1.165) is 17.7 Å². The number of nitrogens with two attached hydrogens (primary N) is 1. The van der Waals surface area contributed by atoms with Gasteiger partial charge in [0.05, 0.1) is 0 Å². The maximum atomic E-state index is 5.45. The lowest BCUT2D eigenvalue weighted by Crippen LogP contribution is -2.24. The van der Waals surface area contributed by atoms with E-state index in [0.29, 0.717) is 6.54 Å². The molecule has 0 saturated heterocycles. The number of hydrogen-bond acceptors (Lipinski definition) is 3. The molecule has 1 heterocycles. The lowest BCUT2D eigenvalue weighted by molar-refractivity contribution is 0.336. The molecule has 4 heteroatoms. The van der Waals surface area contributed by atoms with Crippen LogP contribution in [0.5, 0.6) is 0 Å². The second kappa shape index (κ2) is 5.32. The molecule has 0 saturated carbocycles. The zero-order valence-corrected chi connectivity index (χ0v) is 9.29. The van der Waals surface area contributed by atoms with Gasteiger partial charge in [0, 0.05) is 25.8 Å². The first-order valence-corrected chi connectivity index (χ1v) is 5.00. The van der Waals surface area contributed by atoms with E-state index in [-0.39, 0.29) is 0 Å². The van der Waals surface area contributed by atoms with E-state index in [2.05, 4.69) is 32.9 Å². The monoisotopic (exact) mass is 243 g/mol. The Hall–Kier alpha value is -0.450. The lowest BCUT2D eigenvalue weighted by atomic mass is 10.2. The summed E-state index contributed by atoms with van der Waals surface area (Å²) in [5, 5.41) is 0. The van der Waals surface area contributed by atoms with Gasteiger partial charge in [-0.15, -0.1) is 0 Å². The fourth-order valence-electron chi connectivity index (χ4n) is 1.15. The largest absolute Gasteiger partial charge is 0.329 e. The molecule has 13 heavy (non-hydrogen) atoms. The Morgan fingerprint density at radius 1 is 1.62 bits per heavy atom. The smallest absolute Gasteiger partial charge is 0.106 e. The average Bonchev–Trinajstić information content (AvgIpc) is 2.04. The van der Waals surface area contributed by atoms with Gasteiger partial charge in [0.25, 0.3) is 0 Å². The fraction of sp³-hybridized carbons (Fsp3) is 0.444. The highest BCUT2D eigenvalue weighted by Crippen LogP contribution is 2.09. The zero-order chi connectivity index (χ0) is 9.68. The molecule has 2 N–H and O–H groups in total. The number of likely N-dealkylation sites (N-methyl/N-ethyl adjacent to an activating group) is 1. The molecule has 0 radical (unpaired) electrons. The molecule has 0 aromatic carbocycles. The van der Waals surface area contributed by atoms with Crippen LogP contribution < -0.4 is 5.73 Å². The van der Waals surface area contributed by atoms with E-state index in [9.17, 15) is 0 Å². The maximum absolute atomic E-state index is 5.45. The number of pyridine rings is 1. The summed E-state index contributed by atoms with van der Waals surface area (Å²) >= 11 is 3.34. The van der Waals surface area contributed by atoms with Gasteiger partial charge in [0.1, 0.15) is 4.60 Å². The van der Waals surface area contributed by atoms with Gasteiger partial charge < -0.3 is 10.6 Å². The second-order valence-electron chi connectivity index (χ2n) is 3.01. The number of rotatable bonds is 4. The van der Waals surface area contributed by atoms with E-state index < -0.39 is 0 Å². The van der Waals surface area contributed by atoms with Crippen molar-refractivity contribution in [3.05, 3.63) is 28.5 Å². The van der Waals surface area contributed by atoms with Crippen LogP contribution in [0.15, 0.2) is 22.9 Å². The van der Waals surface area contributed by atoms with Crippen molar-refractivity contribution in [1.82, 2.24) is 9.88 Å². The molecule has 0 amide bonds. The van der Waals surface area contributed by atoms with Crippen LogP contribution in [0.25, 0.3) is 0 Å². The topological polar surface area (TPSA) is 42.1 Å². The first-order valence-electron chi connectivity index (χ1n) is 4.21. The minimum Gasteiger partial charge on any atom is -0.329 e. The molecule has 72 valence electrons. The quantitative estimate of drug-likeness (QED) is 0.810. The molecule has 0 bridgehead atoms. The summed E-state index contributed by atoms with van der Waals surface area (Å²) in [5.74, 6) is 0. The summed E-state index contributed by atoms with van der Waals surface area (Å²) in [4.78, 5) is 6.25. The Morgan fingerprint density at radius 3 is 3.00 bits per heavy atom. The number of nitrogens with zero attached hydrogens (tertiary/aromatic N) is 2. The van der Waals surface area contributed by atoms with Crippen molar-refractivity contribution in [3.8, 4) is 0 Å². The molecule has 0 spiro atoms. The van der Waals surface area contributed by atoms with Gasteiger partial charge in [-0.1, -0.05) is 0 Å². The van der Waals surface area contributed by atoms with E-state index in [1.54, 1.807) is 6.20 Å². The predicted molar refractivity (Wildman–Crippen MR) is 57.3 cm³/mol. The molecule has 1 rings (SSSR count). The minimum atomic E-state index is 0.697. The van der Waals surface area contributed by atoms with E-state index >= 15 is 0 Å². The van der Waals surface area contributed by atoms with Gasteiger partial charge >= 0.3 is 0 Å². The molecule has 0 aliphatic carbocycles. The van der Waals surface area contributed by atoms with Gasteiger partial charge in [-0.25, -0.2) is 4.98 Å². The third-order valence-electron chi connectivity index (χ3n) is 1.75. The second-order valence-corrected chi connectivity index (χ2v) is 3.83. The van der Waals surface area contributed by atoms with E-state index in [1.165, 1.54) is 5.56 Å². The Balaban J connectivity index is 2.53. The SMILES string of the molecule is CN(CCN)Cc1ccnc(Br)c1. The summed E-state index contributed by atoms with van der Waals surface area (Å²) in [6, 6.07) is 4.03. The Bertz CT molecular complexity index is 265. The van der Waals surface area contributed by atoms with Crippen LogP contribution in [0, 0.1) is 0 Å². The molecular formula is C9H14BrN3. The van der Waals surface area contributed by atoms with Gasteiger partial charge in [-0.2, -0.15) is 0 Å². The van der Waals surface area contributed by atoms with Gasteiger partial charge in [0.15, 0.2) is 0 Å². The standard InChI is InChI=1S/C9H14BrN3/c1-13(5-3-11)7-8-2-4-12-9(10)6-8/h2,4,6H,3,5,7,11H2,1H3. The van der Waals surface area contributed by atoms with Crippen molar-refractivity contribution in [1.29, 1.82) is 0 Å². The number of hydrogen-bond donors (Lipinski definition) is 1. The van der Waals surface area contributed by atoms with Gasteiger partial charge in [-0.3, -0.25) is 0 Å². The normalized spacial score (nSPS) is 10.8. The van der Waals surface area contributed by atoms with E-state index in [1.807, 2.05) is 12.1 Å². The Labute approximate surface area is 87.1 Å². The molecule has 0 unspecified atom stereocenters. The van der Waals surface area contributed by atoms with E-state index in [4.69, 9.17) is 5.73 Å². The van der Waals surface area contributed by atoms with Crippen LogP contribution in [0.1, 0.15) is 5.56 Å². The molecule has 1 aromatic rings. The molecular weight excluding hydrogens is 230 g/mol. The Morgan fingerprint density at radius 2 is 2.38 bits per heavy atom. The third kappa shape index (κ3) is 3.85.